The minimum absolute atomic E-state index is 0.0750. The lowest BCUT2D eigenvalue weighted by atomic mass is 9.88. The molecular weight excluding hydrogens is 510 g/mol. The zero-order valence-electron chi connectivity index (χ0n) is 21.6. The molecule has 2 aromatic carbocycles. The number of benzene rings is 2. The minimum Gasteiger partial charge on any atom is -0.497 e. The quantitative estimate of drug-likeness (QED) is 0.206. The van der Waals surface area contributed by atoms with Crippen molar-refractivity contribution in [2.24, 2.45) is 5.16 Å². The number of fused-ring (bicyclic) bond motifs is 4. The molecule has 198 valence electrons. The predicted octanol–water partition coefficient (Wildman–Crippen LogP) is 5.06. The van der Waals surface area contributed by atoms with E-state index in [1.165, 1.54) is 0 Å². The van der Waals surface area contributed by atoms with Crippen LogP contribution in [0.25, 0.3) is 11.3 Å². The Bertz CT molecular complexity index is 1820. The third-order valence-electron chi connectivity index (χ3n) is 6.68. The molecule has 0 fully saturated rings. The summed E-state index contributed by atoms with van der Waals surface area (Å²) in [5, 5.41) is 13.4. The molecular formula is C29H23N7O4. The Labute approximate surface area is 228 Å². The summed E-state index contributed by atoms with van der Waals surface area (Å²) in [6, 6.07) is 21.1. The molecule has 1 aliphatic rings. The Morgan fingerprint density at radius 2 is 1.85 bits per heavy atom. The van der Waals surface area contributed by atoms with E-state index in [1.807, 2.05) is 73.7 Å². The van der Waals surface area contributed by atoms with E-state index < -0.39 is 0 Å². The molecule has 6 aromatic rings. The molecule has 4 aromatic heterocycles. The standard InChI is InChI=1S/C29H23N7O4/c1-18-24-25(22-9-6-14-38-22)26-27-32-23(16-39-31-15-19-10-12-21(37-2)13-11-19)34-35(27)17-30-28(26)40-29(24)36(33-18)20-7-4-3-5-8-20/h3-15,17,25H,16H2,1-2H3/b31-15-/t25-/m0/s1. The Kier molecular flexibility index (Phi) is 5.73. The van der Waals surface area contributed by atoms with Gasteiger partial charge in [0, 0.05) is 0 Å². The van der Waals surface area contributed by atoms with E-state index in [0.717, 1.165) is 39.6 Å². The summed E-state index contributed by atoms with van der Waals surface area (Å²) in [6.07, 6.45) is 4.85. The molecule has 7 rings (SSSR count). The lowest BCUT2D eigenvalue weighted by molar-refractivity contribution is 0.126. The van der Waals surface area contributed by atoms with Gasteiger partial charge in [-0.3, -0.25) is 0 Å². The lowest BCUT2D eigenvalue weighted by Crippen LogP contribution is -2.15. The Morgan fingerprint density at radius 1 is 1.00 bits per heavy atom. The Hall–Kier alpha value is -5.45. The van der Waals surface area contributed by atoms with E-state index >= 15 is 0 Å². The van der Waals surface area contributed by atoms with Gasteiger partial charge in [-0.15, -0.1) is 5.10 Å². The number of rotatable bonds is 7. The van der Waals surface area contributed by atoms with Gasteiger partial charge in [-0.2, -0.15) is 5.10 Å². The number of para-hydroxylation sites is 1. The van der Waals surface area contributed by atoms with E-state index in [0.29, 0.717) is 23.2 Å². The van der Waals surface area contributed by atoms with Crippen molar-refractivity contribution in [1.82, 2.24) is 29.4 Å². The van der Waals surface area contributed by atoms with Gasteiger partial charge in [0.25, 0.3) is 0 Å². The van der Waals surface area contributed by atoms with E-state index in [4.69, 9.17) is 28.8 Å². The van der Waals surface area contributed by atoms with Gasteiger partial charge in [-0.05, 0) is 61.0 Å². The average molecular weight is 534 g/mol. The number of furan rings is 1. The highest BCUT2D eigenvalue weighted by Gasteiger charge is 2.39. The first-order chi connectivity index (χ1) is 19.7. The van der Waals surface area contributed by atoms with Crippen LogP contribution in [0, 0.1) is 6.92 Å². The van der Waals surface area contributed by atoms with Gasteiger partial charge in [0.1, 0.15) is 17.8 Å². The number of ether oxygens (including phenoxy) is 2. The predicted molar refractivity (Wildman–Crippen MR) is 144 cm³/mol. The van der Waals surface area contributed by atoms with Crippen LogP contribution in [-0.4, -0.2) is 42.7 Å². The second-order valence-corrected chi connectivity index (χ2v) is 9.14. The minimum atomic E-state index is -0.353. The molecule has 0 bridgehead atoms. The summed E-state index contributed by atoms with van der Waals surface area (Å²) < 4.78 is 20.9. The maximum atomic E-state index is 6.40. The first-order valence-electron chi connectivity index (χ1n) is 12.6. The molecule has 0 saturated carbocycles. The molecule has 40 heavy (non-hydrogen) atoms. The van der Waals surface area contributed by atoms with Crippen LogP contribution < -0.4 is 9.47 Å². The van der Waals surface area contributed by atoms with E-state index in [-0.39, 0.29) is 12.5 Å². The van der Waals surface area contributed by atoms with Crippen molar-refractivity contribution in [3.8, 4) is 23.2 Å². The fourth-order valence-electron chi connectivity index (χ4n) is 4.85. The number of oxime groups is 1. The molecule has 11 heteroatoms. The van der Waals surface area contributed by atoms with Gasteiger partial charge < -0.3 is 18.7 Å². The summed E-state index contributed by atoms with van der Waals surface area (Å²) in [5.41, 5.74) is 4.77. The van der Waals surface area contributed by atoms with Crippen molar-refractivity contribution in [2.75, 3.05) is 7.11 Å². The van der Waals surface area contributed by atoms with Crippen LogP contribution >= 0.6 is 0 Å². The second-order valence-electron chi connectivity index (χ2n) is 9.14. The largest absolute Gasteiger partial charge is 0.497 e. The average Bonchev–Trinajstić information content (AvgIpc) is 3.74. The highest BCUT2D eigenvalue weighted by atomic mass is 16.6. The molecule has 0 amide bonds. The number of hydrogen-bond acceptors (Lipinski definition) is 9. The SMILES string of the molecule is COc1ccc(/C=N\OCc2nc3c4c(ncn3n2)Oc2c(c(C)nn2-c2ccccc2)[C@@H]4c2ccco2)cc1. The van der Waals surface area contributed by atoms with Crippen LogP contribution in [0.1, 0.15) is 39.9 Å². The number of aryl methyl sites for hydroxylation is 1. The second kappa shape index (κ2) is 9.70. The van der Waals surface area contributed by atoms with Crippen LogP contribution in [0.2, 0.25) is 0 Å². The summed E-state index contributed by atoms with van der Waals surface area (Å²) in [4.78, 5) is 14.9. The Balaban J connectivity index is 1.24. The first kappa shape index (κ1) is 23.7. The lowest BCUT2D eigenvalue weighted by Gasteiger charge is -2.24. The topological polar surface area (TPSA) is 114 Å². The summed E-state index contributed by atoms with van der Waals surface area (Å²) >= 11 is 0. The number of aromatic nitrogens is 6. The zero-order valence-corrected chi connectivity index (χ0v) is 21.6. The number of hydrogen-bond donors (Lipinski definition) is 0. The highest BCUT2D eigenvalue weighted by Crippen LogP contribution is 2.49. The normalized spacial score (nSPS) is 14.2. The number of methoxy groups -OCH3 is 1. The number of nitrogens with zero attached hydrogens (tertiary/aromatic N) is 7. The van der Waals surface area contributed by atoms with Crippen LogP contribution in [0.4, 0.5) is 0 Å². The Morgan fingerprint density at radius 3 is 2.62 bits per heavy atom. The molecule has 0 saturated heterocycles. The fourth-order valence-corrected chi connectivity index (χ4v) is 4.85. The molecule has 0 aliphatic carbocycles. The maximum Gasteiger partial charge on any atom is 0.230 e. The van der Waals surface area contributed by atoms with Crippen molar-refractivity contribution in [3.05, 3.63) is 113 Å². The molecule has 1 atom stereocenters. The van der Waals surface area contributed by atoms with Gasteiger partial charge in [-0.1, -0.05) is 23.4 Å². The van der Waals surface area contributed by atoms with Gasteiger partial charge in [-0.25, -0.2) is 19.2 Å². The summed E-state index contributed by atoms with van der Waals surface area (Å²) in [6.45, 7) is 2.03. The van der Waals surface area contributed by atoms with Crippen LogP contribution in [0.15, 0.2) is 88.9 Å². The fraction of sp³-hybridized carbons (Fsp3) is 0.138. The van der Waals surface area contributed by atoms with E-state index in [9.17, 15) is 0 Å². The maximum absolute atomic E-state index is 6.40. The molecule has 5 heterocycles. The molecule has 0 N–H and O–H groups in total. The van der Waals surface area contributed by atoms with Crippen LogP contribution in [-0.2, 0) is 11.4 Å². The third-order valence-corrected chi connectivity index (χ3v) is 6.68. The molecule has 0 unspecified atom stereocenters. The monoisotopic (exact) mass is 533 g/mol. The van der Waals surface area contributed by atoms with Gasteiger partial charge in [0.05, 0.1) is 48.0 Å². The molecule has 0 radical (unpaired) electrons. The zero-order chi connectivity index (χ0) is 27.1. The van der Waals surface area contributed by atoms with Crippen LogP contribution in [0.3, 0.4) is 0 Å². The van der Waals surface area contributed by atoms with Gasteiger partial charge in [0.2, 0.25) is 11.8 Å². The van der Waals surface area contributed by atoms with Crippen molar-refractivity contribution < 1.29 is 18.7 Å². The van der Waals surface area contributed by atoms with E-state index in [2.05, 4.69) is 15.2 Å². The summed E-state index contributed by atoms with van der Waals surface area (Å²) in [7, 11) is 1.63. The third kappa shape index (κ3) is 4.04. The van der Waals surface area contributed by atoms with Gasteiger partial charge >= 0.3 is 0 Å². The van der Waals surface area contributed by atoms with E-state index in [1.54, 1.807) is 35.1 Å². The summed E-state index contributed by atoms with van der Waals surface area (Å²) in [5.74, 6) is 2.59. The molecule has 1 aliphatic heterocycles. The first-order valence-corrected chi connectivity index (χ1v) is 12.6. The van der Waals surface area contributed by atoms with Crippen molar-refractivity contribution >= 4 is 11.9 Å². The van der Waals surface area contributed by atoms with Crippen molar-refractivity contribution in [1.29, 1.82) is 0 Å². The molecule has 11 nitrogen and oxygen atoms in total. The van der Waals surface area contributed by atoms with Gasteiger partial charge in [0.15, 0.2) is 18.1 Å². The molecule has 0 spiro atoms. The van der Waals surface area contributed by atoms with Crippen molar-refractivity contribution in [3.63, 3.8) is 0 Å². The highest BCUT2D eigenvalue weighted by molar-refractivity contribution is 5.79. The van der Waals surface area contributed by atoms with Crippen molar-refractivity contribution in [2.45, 2.75) is 19.4 Å². The smallest absolute Gasteiger partial charge is 0.230 e. The van der Waals surface area contributed by atoms with Crippen LogP contribution in [0.5, 0.6) is 17.5 Å².